The van der Waals surface area contributed by atoms with E-state index in [9.17, 15) is 13.2 Å². The van der Waals surface area contributed by atoms with E-state index >= 15 is 0 Å². The van der Waals surface area contributed by atoms with Gasteiger partial charge in [0.15, 0.2) is 0 Å². The predicted molar refractivity (Wildman–Crippen MR) is 56.3 cm³/mol. The summed E-state index contributed by atoms with van der Waals surface area (Å²) < 4.78 is 39.9. The van der Waals surface area contributed by atoms with Crippen molar-refractivity contribution < 1.29 is 13.2 Å². The second-order valence-corrected chi connectivity index (χ2v) is 3.93. The third kappa shape index (κ3) is 2.11. The fourth-order valence-corrected chi connectivity index (χ4v) is 1.68. The quantitative estimate of drug-likeness (QED) is 0.784. The lowest BCUT2D eigenvalue weighted by Crippen LogP contribution is -2.09. The molecule has 0 saturated carbocycles. The van der Waals surface area contributed by atoms with Crippen LogP contribution in [0.15, 0.2) is 41.4 Å². The molecule has 1 aromatic carbocycles. The molecule has 16 heavy (non-hydrogen) atoms. The van der Waals surface area contributed by atoms with Crippen LogP contribution in [0, 0.1) is 0 Å². The summed E-state index contributed by atoms with van der Waals surface area (Å²) in [5.74, 6) is 0. The topological polar surface area (TPSA) is 17.8 Å². The minimum Gasteiger partial charge on any atom is -0.304 e. The van der Waals surface area contributed by atoms with Crippen molar-refractivity contribution in [2.75, 3.05) is 0 Å². The molecule has 0 aliphatic rings. The van der Waals surface area contributed by atoms with Crippen LogP contribution in [0.5, 0.6) is 0 Å². The van der Waals surface area contributed by atoms with Gasteiger partial charge in [0.1, 0.15) is 10.9 Å². The van der Waals surface area contributed by atoms with Crippen molar-refractivity contribution in [3.63, 3.8) is 0 Å². The molecular weight excluding hydrogens is 285 g/mol. The van der Waals surface area contributed by atoms with Crippen molar-refractivity contribution in [3.8, 4) is 5.69 Å². The zero-order chi connectivity index (χ0) is 11.8. The molecule has 0 spiro atoms. The van der Waals surface area contributed by atoms with Gasteiger partial charge >= 0.3 is 6.18 Å². The van der Waals surface area contributed by atoms with E-state index in [1.807, 2.05) is 0 Å². The van der Waals surface area contributed by atoms with Crippen molar-refractivity contribution in [2.45, 2.75) is 6.18 Å². The largest absolute Gasteiger partial charge is 0.418 e. The van der Waals surface area contributed by atoms with Crippen molar-refractivity contribution in [1.82, 2.24) is 9.55 Å². The van der Waals surface area contributed by atoms with Crippen LogP contribution in [0.1, 0.15) is 5.56 Å². The van der Waals surface area contributed by atoms with Gasteiger partial charge in [0.25, 0.3) is 0 Å². The van der Waals surface area contributed by atoms with Gasteiger partial charge in [-0.15, -0.1) is 0 Å². The zero-order valence-electron chi connectivity index (χ0n) is 7.87. The lowest BCUT2D eigenvalue weighted by atomic mass is 10.1. The number of benzene rings is 1. The highest BCUT2D eigenvalue weighted by molar-refractivity contribution is 9.10. The van der Waals surface area contributed by atoms with Gasteiger partial charge in [-0.1, -0.05) is 12.1 Å². The van der Waals surface area contributed by atoms with Gasteiger partial charge in [0.05, 0.1) is 11.3 Å². The van der Waals surface area contributed by atoms with Crippen LogP contribution >= 0.6 is 15.9 Å². The summed E-state index contributed by atoms with van der Waals surface area (Å²) in [7, 11) is 0. The highest BCUT2D eigenvalue weighted by atomic mass is 79.9. The molecule has 0 bridgehead atoms. The minimum absolute atomic E-state index is 0.0631. The van der Waals surface area contributed by atoms with Crippen LogP contribution < -0.4 is 0 Å². The summed E-state index contributed by atoms with van der Waals surface area (Å²) in [5.41, 5.74) is -0.618. The Bertz CT molecular complexity index is 505. The molecule has 0 amide bonds. The fraction of sp³-hybridized carbons (Fsp3) is 0.100. The standard InChI is InChI=1S/C10H6BrF3N2/c11-9-5-16(6-15-9)8-4-2-1-3-7(8)10(12,13)14/h1-6H. The van der Waals surface area contributed by atoms with Crippen molar-refractivity contribution in [1.29, 1.82) is 0 Å². The van der Waals surface area contributed by atoms with E-state index in [4.69, 9.17) is 0 Å². The number of nitrogens with zero attached hydrogens (tertiary/aromatic N) is 2. The minimum atomic E-state index is -4.37. The Balaban J connectivity index is 2.57. The molecule has 6 heteroatoms. The smallest absolute Gasteiger partial charge is 0.304 e. The highest BCUT2D eigenvalue weighted by Gasteiger charge is 2.33. The predicted octanol–water partition coefficient (Wildman–Crippen LogP) is 3.65. The van der Waals surface area contributed by atoms with E-state index in [1.54, 1.807) is 6.07 Å². The first-order valence-corrected chi connectivity index (χ1v) is 5.14. The summed E-state index contributed by atoms with van der Waals surface area (Å²) >= 11 is 3.09. The van der Waals surface area contributed by atoms with E-state index in [-0.39, 0.29) is 5.69 Å². The molecule has 1 aromatic heterocycles. The van der Waals surface area contributed by atoms with Gasteiger partial charge < -0.3 is 4.57 Å². The molecule has 2 nitrogen and oxygen atoms in total. The Labute approximate surface area is 97.9 Å². The van der Waals surface area contributed by atoms with Crippen molar-refractivity contribution in [2.24, 2.45) is 0 Å². The van der Waals surface area contributed by atoms with E-state index in [0.717, 1.165) is 6.07 Å². The fourth-order valence-electron chi connectivity index (χ4n) is 1.37. The molecule has 0 saturated heterocycles. The van der Waals surface area contributed by atoms with Crippen LogP contribution in [0.2, 0.25) is 0 Å². The second-order valence-electron chi connectivity index (χ2n) is 3.12. The normalized spacial score (nSPS) is 11.8. The highest BCUT2D eigenvalue weighted by Crippen LogP contribution is 2.33. The number of hydrogen-bond donors (Lipinski definition) is 0. The molecule has 2 rings (SSSR count). The first kappa shape index (κ1) is 11.2. The van der Waals surface area contributed by atoms with Gasteiger partial charge in [0.2, 0.25) is 0 Å². The molecule has 0 aliphatic carbocycles. The first-order valence-electron chi connectivity index (χ1n) is 4.34. The summed E-state index contributed by atoms with van der Waals surface area (Å²) in [5, 5.41) is 0. The van der Waals surface area contributed by atoms with Crippen LogP contribution in [-0.4, -0.2) is 9.55 Å². The lowest BCUT2D eigenvalue weighted by Gasteiger charge is -2.12. The van der Waals surface area contributed by atoms with Crippen LogP contribution in [0.4, 0.5) is 13.2 Å². The molecule has 0 unspecified atom stereocenters. The Kier molecular flexibility index (Phi) is 2.75. The van der Waals surface area contributed by atoms with Crippen LogP contribution in [0.3, 0.4) is 0 Å². The summed E-state index contributed by atoms with van der Waals surface area (Å²) in [6, 6.07) is 5.36. The lowest BCUT2D eigenvalue weighted by molar-refractivity contribution is -0.137. The number of para-hydroxylation sites is 1. The summed E-state index contributed by atoms with van der Waals surface area (Å²) in [6.07, 6.45) is -1.56. The summed E-state index contributed by atoms with van der Waals surface area (Å²) in [6.45, 7) is 0. The van der Waals surface area contributed by atoms with Gasteiger partial charge in [-0.05, 0) is 28.1 Å². The molecule has 2 aromatic rings. The molecule has 0 N–H and O–H groups in total. The Morgan fingerprint density at radius 3 is 2.44 bits per heavy atom. The average molecular weight is 291 g/mol. The van der Waals surface area contributed by atoms with Crippen molar-refractivity contribution >= 4 is 15.9 Å². The van der Waals surface area contributed by atoms with Gasteiger partial charge in [-0.3, -0.25) is 0 Å². The third-order valence-electron chi connectivity index (χ3n) is 2.04. The molecule has 1 heterocycles. The van der Waals surface area contributed by atoms with E-state index in [2.05, 4.69) is 20.9 Å². The third-order valence-corrected chi connectivity index (χ3v) is 2.45. The molecule has 84 valence electrons. The van der Waals surface area contributed by atoms with Gasteiger partial charge in [-0.25, -0.2) is 4.98 Å². The molecular formula is C10H6BrF3N2. The monoisotopic (exact) mass is 290 g/mol. The maximum absolute atomic E-state index is 12.7. The van der Waals surface area contributed by atoms with Gasteiger partial charge in [-0.2, -0.15) is 13.2 Å². The number of imidazole rings is 1. The van der Waals surface area contributed by atoms with E-state index in [0.29, 0.717) is 4.60 Å². The van der Waals surface area contributed by atoms with E-state index in [1.165, 1.54) is 29.2 Å². The first-order chi connectivity index (χ1) is 7.48. The average Bonchev–Trinajstić information content (AvgIpc) is 2.64. The Hall–Kier alpha value is -1.30. The molecule has 0 atom stereocenters. The molecule has 0 fully saturated rings. The zero-order valence-corrected chi connectivity index (χ0v) is 9.46. The van der Waals surface area contributed by atoms with Crippen LogP contribution in [-0.2, 0) is 6.18 Å². The van der Waals surface area contributed by atoms with Crippen molar-refractivity contribution in [3.05, 3.63) is 47.0 Å². The summed E-state index contributed by atoms with van der Waals surface area (Å²) in [4.78, 5) is 3.83. The number of aromatic nitrogens is 2. The molecule has 0 aliphatic heterocycles. The number of alkyl halides is 3. The SMILES string of the molecule is FC(F)(F)c1ccccc1-n1cnc(Br)c1. The molecule has 0 radical (unpaired) electrons. The maximum Gasteiger partial charge on any atom is 0.418 e. The Morgan fingerprint density at radius 2 is 1.88 bits per heavy atom. The van der Waals surface area contributed by atoms with Crippen LogP contribution in [0.25, 0.3) is 5.69 Å². The second kappa shape index (κ2) is 3.93. The Morgan fingerprint density at radius 1 is 1.19 bits per heavy atom. The van der Waals surface area contributed by atoms with E-state index < -0.39 is 11.7 Å². The maximum atomic E-state index is 12.7. The van der Waals surface area contributed by atoms with Gasteiger partial charge in [0, 0.05) is 6.20 Å². The number of rotatable bonds is 1. The number of halogens is 4. The number of hydrogen-bond acceptors (Lipinski definition) is 1.